The molecule has 4 heterocycles. The first-order valence-corrected chi connectivity index (χ1v) is 14.0. The van der Waals surface area contributed by atoms with Crippen LogP contribution in [0.1, 0.15) is 26.7 Å². The molecule has 4 aromatic heterocycles. The molecule has 35 heavy (non-hydrogen) atoms. The van der Waals surface area contributed by atoms with E-state index in [1.54, 1.807) is 45.3 Å². The molecule has 0 radical (unpaired) electrons. The highest BCUT2D eigenvalue weighted by atomic mass is 32.1. The summed E-state index contributed by atoms with van der Waals surface area (Å²) in [5, 5.41) is 11.5. The van der Waals surface area contributed by atoms with Crippen LogP contribution in [0.5, 0.6) is 0 Å². The average molecular weight is 522 g/mol. The Hall–Kier alpha value is -3.59. The van der Waals surface area contributed by atoms with E-state index in [-0.39, 0.29) is 0 Å². The molecule has 0 atom stereocenters. The van der Waals surface area contributed by atoms with Gasteiger partial charge in [-0.15, -0.1) is 51.3 Å². The standard InChI is InChI=1S/C28H15N3S4/c1-2-7-17(27-30-21-8-3-5-10-23(21)34-27)12-19-14-25-26(32-19)15-20(33-25)13-18(16-29)28-31-22-9-4-6-11-24(22)35-28/h3-6,8-15H,1H3/b17-12+,18-13+. The lowest BCUT2D eigenvalue weighted by molar-refractivity contribution is 1.44. The number of fused-ring (bicyclic) bond motifs is 3. The number of nitriles is 1. The van der Waals surface area contributed by atoms with Crippen molar-refractivity contribution < 1.29 is 0 Å². The van der Waals surface area contributed by atoms with E-state index in [4.69, 9.17) is 4.98 Å². The number of rotatable bonds is 4. The van der Waals surface area contributed by atoms with Crippen molar-refractivity contribution in [3.8, 4) is 17.9 Å². The molecule has 0 amide bonds. The van der Waals surface area contributed by atoms with Gasteiger partial charge >= 0.3 is 0 Å². The van der Waals surface area contributed by atoms with Crippen molar-refractivity contribution in [2.45, 2.75) is 6.92 Å². The molecule has 0 saturated carbocycles. The van der Waals surface area contributed by atoms with E-state index in [9.17, 15) is 5.26 Å². The van der Waals surface area contributed by atoms with Gasteiger partial charge in [-0.25, -0.2) is 9.97 Å². The van der Waals surface area contributed by atoms with Gasteiger partial charge in [-0.2, -0.15) is 5.26 Å². The molecule has 0 unspecified atom stereocenters. The zero-order valence-corrected chi connectivity index (χ0v) is 21.7. The van der Waals surface area contributed by atoms with Gasteiger partial charge in [0.05, 0.1) is 31.6 Å². The smallest absolute Gasteiger partial charge is 0.135 e. The van der Waals surface area contributed by atoms with Gasteiger partial charge in [-0.3, -0.25) is 0 Å². The Morgan fingerprint density at radius 1 is 0.714 bits per heavy atom. The Morgan fingerprint density at radius 2 is 1.23 bits per heavy atom. The maximum atomic E-state index is 9.78. The van der Waals surface area contributed by atoms with Crippen molar-refractivity contribution >= 4 is 98.5 Å². The van der Waals surface area contributed by atoms with E-state index in [1.165, 1.54) is 9.40 Å². The minimum Gasteiger partial charge on any atom is -0.235 e. The normalized spacial score (nSPS) is 12.2. The van der Waals surface area contributed by atoms with Crippen LogP contribution in [-0.4, -0.2) is 9.97 Å². The van der Waals surface area contributed by atoms with Crippen molar-refractivity contribution in [3.63, 3.8) is 0 Å². The van der Waals surface area contributed by atoms with Crippen molar-refractivity contribution in [3.05, 3.63) is 80.4 Å². The van der Waals surface area contributed by atoms with Crippen LogP contribution in [0, 0.1) is 23.2 Å². The van der Waals surface area contributed by atoms with Crippen LogP contribution in [0.25, 0.3) is 53.1 Å². The summed E-state index contributed by atoms with van der Waals surface area (Å²) in [5.41, 5.74) is 3.46. The van der Waals surface area contributed by atoms with E-state index in [2.05, 4.69) is 47.2 Å². The van der Waals surface area contributed by atoms with Gasteiger partial charge in [-0.05, 0) is 55.5 Å². The summed E-state index contributed by atoms with van der Waals surface area (Å²) in [6.45, 7) is 1.85. The van der Waals surface area contributed by atoms with E-state index >= 15 is 0 Å². The molecule has 0 aliphatic heterocycles. The van der Waals surface area contributed by atoms with Gasteiger partial charge in [-0.1, -0.05) is 30.2 Å². The first-order chi connectivity index (χ1) is 17.2. The fourth-order valence-corrected chi connectivity index (χ4v) is 7.88. The fraction of sp³-hybridized carbons (Fsp3) is 0.0357. The van der Waals surface area contributed by atoms with Crippen LogP contribution in [-0.2, 0) is 0 Å². The van der Waals surface area contributed by atoms with Crippen molar-refractivity contribution in [2.24, 2.45) is 0 Å². The largest absolute Gasteiger partial charge is 0.235 e. The van der Waals surface area contributed by atoms with Crippen LogP contribution < -0.4 is 0 Å². The second-order valence-electron chi connectivity index (χ2n) is 7.60. The van der Waals surface area contributed by atoms with Gasteiger partial charge in [0.25, 0.3) is 0 Å². The number of hydrogen-bond donors (Lipinski definition) is 0. The van der Waals surface area contributed by atoms with Gasteiger partial charge in [0, 0.05) is 19.2 Å². The van der Waals surface area contributed by atoms with Crippen LogP contribution >= 0.6 is 45.3 Å². The van der Waals surface area contributed by atoms with Crippen LogP contribution in [0.4, 0.5) is 0 Å². The summed E-state index contributed by atoms with van der Waals surface area (Å²) in [4.78, 5) is 11.6. The molecule has 3 nitrogen and oxygen atoms in total. The predicted octanol–water partition coefficient (Wildman–Crippen LogP) is 8.81. The number of benzene rings is 2. The first-order valence-electron chi connectivity index (χ1n) is 10.7. The Morgan fingerprint density at radius 3 is 1.74 bits per heavy atom. The van der Waals surface area contributed by atoms with E-state index in [0.29, 0.717) is 5.57 Å². The number of hydrogen-bond acceptors (Lipinski definition) is 7. The molecule has 166 valence electrons. The molecular weight excluding hydrogens is 507 g/mol. The van der Waals surface area contributed by atoms with Gasteiger partial charge in [0.2, 0.25) is 0 Å². The minimum absolute atomic E-state index is 0.594. The molecule has 0 aliphatic carbocycles. The van der Waals surface area contributed by atoms with E-state index in [1.807, 2.05) is 55.5 Å². The zero-order valence-electron chi connectivity index (χ0n) is 18.4. The van der Waals surface area contributed by atoms with Crippen molar-refractivity contribution in [1.82, 2.24) is 9.97 Å². The summed E-state index contributed by atoms with van der Waals surface area (Å²) in [6.07, 6.45) is 4.07. The third-order valence-electron chi connectivity index (χ3n) is 5.25. The number of allylic oxidation sites excluding steroid dienone is 2. The highest BCUT2D eigenvalue weighted by Gasteiger charge is 2.12. The molecule has 0 bridgehead atoms. The lowest BCUT2D eigenvalue weighted by atomic mass is 10.2. The van der Waals surface area contributed by atoms with Gasteiger partial charge in [0.15, 0.2) is 0 Å². The van der Waals surface area contributed by atoms with E-state index < -0.39 is 0 Å². The monoisotopic (exact) mass is 521 g/mol. The topological polar surface area (TPSA) is 49.6 Å². The average Bonchev–Trinajstić information content (AvgIpc) is 3.63. The summed E-state index contributed by atoms with van der Waals surface area (Å²) in [7, 11) is 0. The first kappa shape index (κ1) is 21.9. The maximum Gasteiger partial charge on any atom is 0.135 e. The number of nitrogens with zero attached hydrogens (tertiary/aromatic N) is 3. The summed E-state index contributed by atoms with van der Waals surface area (Å²) in [6, 6.07) is 22.8. The number of thiazole rings is 2. The highest BCUT2D eigenvalue weighted by Crippen LogP contribution is 2.38. The Bertz CT molecular complexity index is 1790. The van der Waals surface area contributed by atoms with Crippen LogP contribution in [0.3, 0.4) is 0 Å². The van der Waals surface area contributed by atoms with E-state index in [0.717, 1.165) is 45.8 Å². The Balaban J connectivity index is 1.33. The highest BCUT2D eigenvalue weighted by molar-refractivity contribution is 7.28. The molecule has 0 N–H and O–H groups in total. The SMILES string of the molecule is CC#C/C(=C\c1cc2sc(/C=C(\C#N)c3nc4ccccc4s3)cc2s1)c1nc2ccccc2s1. The molecule has 0 fully saturated rings. The van der Waals surface area contributed by atoms with Gasteiger partial charge in [0.1, 0.15) is 16.1 Å². The molecule has 6 rings (SSSR count). The third kappa shape index (κ3) is 4.32. The van der Waals surface area contributed by atoms with Gasteiger partial charge < -0.3 is 0 Å². The predicted molar refractivity (Wildman–Crippen MR) is 154 cm³/mol. The Labute approximate surface area is 218 Å². The van der Waals surface area contributed by atoms with Crippen molar-refractivity contribution in [2.75, 3.05) is 0 Å². The third-order valence-corrected chi connectivity index (χ3v) is 9.57. The van der Waals surface area contributed by atoms with Crippen molar-refractivity contribution in [1.29, 1.82) is 5.26 Å². The second kappa shape index (κ2) is 9.22. The lowest BCUT2D eigenvalue weighted by Crippen LogP contribution is -1.79. The molecule has 7 heteroatoms. The summed E-state index contributed by atoms with van der Waals surface area (Å²) in [5.74, 6) is 6.27. The number of para-hydroxylation sites is 2. The quantitative estimate of drug-likeness (QED) is 0.172. The summed E-state index contributed by atoms with van der Waals surface area (Å²) >= 11 is 6.63. The van der Waals surface area contributed by atoms with Crippen LogP contribution in [0.15, 0.2) is 60.7 Å². The maximum absolute atomic E-state index is 9.78. The molecule has 6 aromatic rings. The fourth-order valence-electron chi connectivity index (χ4n) is 3.70. The molecule has 0 saturated heterocycles. The minimum atomic E-state index is 0.594. The van der Waals surface area contributed by atoms with Crippen LogP contribution in [0.2, 0.25) is 0 Å². The summed E-state index contributed by atoms with van der Waals surface area (Å²) < 4.78 is 4.65. The number of aromatic nitrogens is 2. The Kier molecular flexibility index (Phi) is 5.77. The molecular formula is C28H15N3S4. The second-order valence-corrected chi connectivity index (χ2v) is 11.9. The zero-order chi connectivity index (χ0) is 23.8. The molecule has 2 aromatic carbocycles. The number of thiophene rings is 2. The molecule has 0 aliphatic rings. The molecule has 0 spiro atoms. The lowest BCUT2D eigenvalue weighted by Gasteiger charge is -1.93.